The molecule has 178 valence electrons. The van der Waals surface area contributed by atoms with E-state index in [9.17, 15) is 19.5 Å². The molecule has 2 aliphatic heterocycles. The number of aromatic nitrogens is 1. The summed E-state index contributed by atoms with van der Waals surface area (Å²) in [6.45, 7) is 5.82. The number of nitrogens with zero attached hydrogens (tertiary/aromatic N) is 2. The molecule has 2 aromatic rings. The van der Waals surface area contributed by atoms with Crippen molar-refractivity contribution in [3.8, 4) is 0 Å². The molecular formula is C24H33N5O4. The minimum Gasteiger partial charge on any atom is -0.394 e. The molecule has 33 heavy (non-hydrogen) atoms. The van der Waals surface area contributed by atoms with Crippen molar-refractivity contribution in [2.24, 2.45) is 0 Å². The predicted molar refractivity (Wildman–Crippen MR) is 125 cm³/mol. The van der Waals surface area contributed by atoms with E-state index in [0.29, 0.717) is 19.5 Å². The van der Waals surface area contributed by atoms with Crippen molar-refractivity contribution in [3.63, 3.8) is 0 Å². The summed E-state index contributed by atoms with van der Waals surface area (Å²) in [6, 6.07) is 4.43. The van der Waals surface area contributed by atoms with Gasteiger partial charge in [-0.2, -0.15) is 0 Å². The van der Waals surface area contributed by atoms with Crippen LogP contribution in [0.3, 0.4) is 0 Å². The molecule has 2 aliphatic rings. The lowest BCUT2D eigenvalue weighted by molar-refractivity contribution is -0.139. The molecule has 0 bridgehead atoms. The van der Waals surface area contributed by atoms with Crippen molar-refractivity contribution in [1.82, 2.24) is 25.4 Å². The Bertz CT molecular complexity index is 1070. The molecule has 4 N–H and O–H groups in total. The SMILES string of the molecule is CN[C@@H](C)C(=O)N[C@@H](CO)C(=O)N1CC[C@@H]2[C@H]1[C@@H](c1c[nH]c3cc(C)ccc13)CN2C(C)=O. The molecule has 2 fully saturated rings. The van der Waals surface area contributed by atoms with Gasteiger partial charge >= 0.3 is 0 Å². The second-order valence-electron chi connectivity index (χ2n) is 9.20. The fourth-order valence-electron chi connectivity index (χ4n) is 5.36. The second kappa shape index (κ2) is 9.15. The van der Waals surface area contributed by atoms with Crippen molar-refractivity contribution in [2.75, 3.05) is 26.7 Å². The number of nitrogens with one attached hydrogen (secondary N) is 3. The maximum absolute atomic E-state index is 13.5. The third-order valence-electron chi connectivity index (χ3n) is 7.21. The highest BCUT2D eigenvalue weighted by atomic mass is 16.3. The number of hydrogen-bond donors (Lipinski definition) is 4. The smallest absolute Gasteiger partial charge is 0.247 e. The van der Waals surface area contributed by atoms with Crippen LogP contribution in [0.25, 0.3) is 10.9 Å². The van der Waals surface area contributed by atoms with Crippen LogP contribution in [0.4, 0.5) is 0 Å². The maximum Gasteiger partial charge on any atom is 0.247 e. The molecule has 5 atom stereocenters. The average Bonchev–Trinajstić information content (AvgIpc) is 3.49. The van der Waals surface area contributed by atoms with Gasteiger partial charge in [-0.25, -0.2) is 0 Å². The van der Waals surface area contributed by atoms with E-state index in [4.69, 9.17) is 0 Å². The van der Waals surface area contributed by atoms with Gasteiger partial charge in [0.25, 0.3) is 0 Å². The second-order valence-corrected chi connectivity index (χ2v) is 9.20. The van der Waals surface area contributed by atoms with Crippen molar-refractivity contribution in [2.45, 2.75) is 57.3 Å². The zero-order valence-electron chi connectivity index (χ0n) is 19.6. The molecule has 0 spiro atoms. The number of likely N-dealkylation sites (tertiary alicyclic amines) is 2. The minimum absolute atomic E-state index is 0.00709. The Morgan fingerprint density at radius 1 is 1.27 bits per heavy atom. The van der Waals surface area contributed by atoms with Crippen LogP contribution in [0.5, 0.6) is 0 Å². The lowest BCUT2D eigenvalue weighted by Gasteiger charge is -2.31. The normalized spacial score (nSPS) is 24.1. The highest BCUT2D eigenvalue weighted by Crippen LogP contribution is 2.43. The van der Waals surface area contributed by atoms with Crippen LogP contribution in [-0.2, 0) is 14.4 Å². The number of benzene rings is 1. The third-order valence-corrected chi connectivity index (χ3v) is 7.21. The van der Waals surface area contributed by atoms with Crippen molar-refractivity contribution in [3.05, 3.63) is 35.5 Å². The van der Waals surface area contributed by atoms with Gasteiger partial charge in [0.1, 0.15) is 6.04 Å². The number of aryl methyl sites for hydroxylation is 1. The predicted octanol–water partition coefficient (Wildman–Crippen LogP) is 0.477. The van der Waals surface area contributed by atoms with Crippen molar-refractivity contribution < 1.29 is 19.5 Å². The Morgan fingerprint density at radius 2 is 2.03 bits per heavy atom. The Kier molecular flexibility index (Phi) is 6.45. The van der Waals surface area contributed by atoms with Gasteiger partial charge in [-0.3, -0.25) is 14.4 Å². The van der Waals surface area contributed by atoms with Crippen LogP contribution >= 0.6 is 0 Å². The van der Waals surface area contributed by atoms with E-state index in [1.165, 1.54) is 0 Å². The van der Waals surface area contributed by atoms with Gasteiger partial charge < -0.3 is 30.5 Å². The monoisotopic (exact) mass is 455 g/mol. The van der Waals surface area contributed by atoms with Crippen molar-refractivity contribution >= 4 is 28.6 Å². The molecule has 9 nitrogen and oxygen atoms in total. The maximum atomic E-state index is 13.5. The number of aliphatic hydroxyl groups is 1. The number of fused-ring (bicyclic) bond motifs is 2. The van der Waals surface area contributed by atoms with E-state index in [1.807, 2.05) is 18.0 Å². The van der Waals surface area contributed by atoms with E-state index in [0.717, 1.165) is 22.0 Å². The van der Waals surface area contributed by atoms with Crippen LogP contribution in [0, 0.1) is 6.92 Å². The number of aromatic amines is 1. The molecule has 2 saturated heterocycles. The Balaban J connectivity index is 1.66. The third kappa shape index (κ3) is 4.11. The van der Waals surface area contributed by atoms with E-state index in [-0.39, 0.29) is 35.7 Å². The first kappa shape index (κ1) is 23.3. The first-order valence-electron chi connectivity index (χ1n) is 11.5. The Labute approximate surface area is 193 Å². The Hall–Kier alpha value is -2.91. The fraction of sp³-hybridized carbons (Fsp3) is 0.542. The summed E-state index contributed by atoms with van der Waals surface area (Å²) in [6.07, 6.45) is 2.66. The first-order valence-corrected chi connectivity index (χ1v) is 11.5. The number of hydrogen-bond acceptors (Lipinski definition) is 5. The highest BCUT2D eigenvalue weighted by molar-refractivity contribution is 5.91. The van der Waals surface area contributed by atoms with Crippen LogP contribution in [-0.4, -0.2) is 88.5 Å². The van der Waals surface area contributed by atoms with Gasteiger partial charge in [0.15, 0.2) is 0 Å². The topological polar surface area (TPSA) is 118 Å². The van der Waals surface area contributed by atoms with E-state index in [2.05, 4.69) is 33.8 Å². The summed E-state index contributed by atoms with van der Waals surface area (Å²) < 4.78 is 0. The molecular weight excluding hydrogens is 422 g/mol. The number of amides is 3. The van der Waals surface area contributed by atoms with E-state index in [1.54, 1.807) is 25.8 Å². The number of carbonyl (C=O) groups excluding carboxylic acids is 3. The standard InChI is InChI=1S/C24H33N5O4/c1-13-5-6-16-17(10-26-19(16)9-13)18-11-29(15(3)31)21-7-8-28(22(18)21)24(33)20(12-30)27-23(32)14(2)25-4/h5-6,9-10,14,18,20-22,25-26,30H,7-8,11-12H2,1-4H3,(H,27,32)/t14-,18+,20-,21+,22+/m0/s1. The number of likely N-dealkylation sites (N-methyl/N-ethyl adjacent to an activating group) is 1. The number of carbonyl (C=O) groups is 3. The lowest BCUT2D eigenvalue weighted by atomic mass is 9.91. The van der Waals surface area contributed by atoms with Crippen molar-refractivity contribution in [1.29, 1.82) is 0 Å². The molecule has 0 radical (unpaired) electrons. The molecule has 0 unspecified atom stereocenters. The van der Waals surface area contributed by atoms with E-state index >= 15 is 0 Å². The summed E-state index contributed by atoms with van der Waals surface area (Å²) in [5, 5.41) is 16.5. The summed E-state index contributed by atoms with van der Waals surface area (Å²) in [5.41, 5.74) is 3.26. The average molecular weight is 456 g/mol. The van der Waals surface area contributed by atoms with Gasteiger partial charge in [0.05, 0.1) is 24.7 Å². The van der Waals surface area contributed by atoms with Gasteiger partial charge in [0, 0.05) is 43.0 Å². The molecule has 1 aromatic heterocycles. The first-order chi connectivity index (χ1) is 15.8. The quantitative estimate of drug-likeness (QED) is 0.505. The number of H-pyrrole nitrogens is 1. The van der Waals surface area contributed by atoms with Crippen LogP contribution in [0.15, 0.2) is 24.4 Å². The zero-order valence-corrected chi connectivity index (χ0v) is 19.6. The van der Waals surface area contributed by atoms with E-state index < -0.39 is 18.7 Å². The number of aliphatic hydroxyl groups excluding tert-OH is 1. The van der Waals surface area contributed by atoms with Crippen LogP contribution in [0.1, 0.15) is 37.3 Å². The summed E-state index contributed by atoms with van der Waals surface area (Å²) in [7, 11) is 1.66. The zero-order chi connectivity index (χ0) is 23.9. The van der Waals surface area contributed by atoms with Crippen LogP contribution < -0.4 is 10.6 Å². The largest absolute Gasteiger partial charge is 0.394 e. The summed E-state index contributed by atoms with van der Waals surface area (Å²) in [4.78, 5) is 45.2. The Morgan fingerprint density at radius 3 is 2.70 bits per heavy atom. The van der Waals surface area contributed by atoms with Gasteiger partial charge in [-0.05, 0) is 44.5 Å². The molecule has 3 amide bonds. The molecule has 3 heterocycles. The van der Waals surface area contributed by atoms with Crippen LogP contribution in [0.2, 0.25) is 0 Å². The minimum atomic E-state index is -1.02. The number of rotatable bonds is 6. The highest BCUT2D eigenvalue weighted by Gasteiger charge is 2.52. The summed E-state index contributed by atoms with van der Waals surface area (Å²) >= 11 is 0. The molecule has 1 aromatic carbocycles. The molecule has 4 rings (SSSR count). The summed E-state index contributed by atoms with van der Waals surface area (Å²) in [5.74, 6) is -0.728. The van der Waals surface area contributed by atoms with Gasteiger partial charge in [-0.1, -0.05) is 12.1 Å². The van der Waals surface area contributed by atoms with Gasteiger partial charge in [-0.15, -0.1) is 0 Å². The molecule has 0 aliphatic carbocycles. The molecule has 9 heteroatoms. The van der Waals surface area contributed by atoms with Gasteiger partial charge in [0.2, 0.25) is 17.7 Å². The molecule has 0 saturated carbocycles. The fourth-order valence-corrected chi connectivity index (χ4v) is 5.36. The lowest BCUT2D eigenvalue weighted by Crippen LogP contribution is -2.55.